The van der Waals surface area contributed by atoms with Gasteiger partial charge >= 0.3 is 0 Å². The van der Waals surface area contributed by atoms with E-state index in [0.29, 0.717) is 56.2 Å². The predicted octanol–water partition coefficient (Wildman–Crippen LogP) is 30.4. The maximum absolute atomic E-state index is 10.5. The zero-order chi connectivity index (χ0) is 103. The minimum atomic E-state index is -0.907. The van der Waals surface area contributed by atoms with E-state index in [1.807, 2.05) is 103 Å². The molecule has 6 nitrogen and oxygen atoms in total. The van der Waals surface area contributed by atoms with Crippen molar-refractivity contribution in [2.24, 2.45) is 0 Å². The smallest absolute Gasteiger partial charge is 0.252 e. The molecule has 7 heteroatoms. The monoisotopic (exact) mass is 1630 g/mol. The summed E-state index contributed by atoms with van der Waals surface area (Å²) in [7, 11) is 0. The minimum Gasteiger partial charge on any atom is -0.310 e. The summed E-state index contributed by atoms with van der Waals surface area (Å²) in [5.74, 6) is 0. The summed E-state index contributed by atoms with van der Waals surface area (Å²) in [6.07, 6.45) is 0. The molecule has 0 bridgehead atoms. The van der Waals surface area contributed by atoms with Crippen LogP contribution in [0.15, 0.2) is 382 Å². The number of anilines is 9. The first-order valence-electron chi connectivity index (χ1n) is 53.0. The molecule has 0 fully saturated rings. The lowest BCUT2D eigenvalue weighted by atomic mass is 9.33. The van der Waals surface area contributed by atoms with Crippen LogP contribution in [0.5, 0.6) is 0 Å². The minimum absolute atomic E-state index is 0.145. The highest BCUT2D eigenvalue weighted by Crippen LogP contribution is 2.57. The Bertz CT molecular complexity index is 8670. The van der Waals surface area contributed by atoms with Gasteiger partial charge < -0.3 is 28.4 Å². The fraction of sp³-hybridized carbons (Fsp3) is 0.136. The molecule has 125 heavy (non-hydrogen) atoms. The number of hydrogen-bond donors (Lipinski definition) is 0. The van der Waals surface area contributed by atoms with Crippen LogP contribution in [0.4, 0.5) is 51.2 Å². The van der Waals surface area contributed by atoms with E-state index in [0.717, 1.165) is 88.6 Å². The van der Waals surface area contributed by atoms with Crippen LogP contribution < -0.4 is 31.1 Å². The Hall–Kier alpha value is -14.4. The van der Waals surface area contributed by atoms with E-state index < -0.39 is 144 Å². The van der Waals surface area contributed by atoms with E-state index in [-0.39, 0.29) is 82.9 Å². The average molecular weight is 1630 g/mol. The number of nitrogens with zero attached hydrogens (tertiary/aromatic N) is 6. The van der Waals surface area contributed by atoms with E-state index >= 15 is 0 Å². The largest absolute Gasteiger partial charge is 0.310 e. The van der Waals surface area contributed by atoms with Gasteiger partial charge in [-0.2, -0.15) is 0 Å². The van der Waals surface area contributed by atoms with E-state index in [1.165, 1.54) is 4.57 Å². The second-order valence-corrected chi connectivity index (χ2v) is 37.0. The molecular weight excluding hydrogens is 1510 g/mol. The Labute approximate surface area is 763 Å². The molecule has 2 aliphatic rings. The number of fused-ring (bicyclic) bond motifs is 13. The zero-order valence-electron chi connectivity index (χ0n) is 92.5. The highest BCUT2D eigenvalue weighted by molar-refractivity contribution is 7.00. The van der Waals surface area contributed by atoms with Crippen molar-refractivity contribution in [2.75, 3.05) is 14.7 Å². The van der Waals surface area contributed by atoms with Crippen molar-refractivity contribution in [1.82, 2.24) is 13.7 Å². The first kappa shape index (κ1) is 57.1. The lowest BCUT2D eigenvalue weighted by Crippen LogP contribution is -2.61. The standard InChI is InChI=1S/C118H99BN6/c1-115(2,3)80-54-64-106-98(66-80)99-67-81(116(4,5)6)55-65-107(99)122(106)88-61-63-101-109(73-88)125(114-96(78-40-22-15-23-41-78)70-83(118(10,11)12)71-97(114)79-42-24-16-25-43-79)111-75-89(123-104-52-34-30-48-92(104)93-49-31-35-53-105(93)123)74-110-112(111)119(101)100-62-60-87(72-108(100)124(110)113-94(76-36-18-13-19-37-76)68-82(117(7,8)9)69-95(113)77-38-20-14-21-39-77)120(84-44-26-17-27-45-84)85-56-58-86(59-57-85)121-102-50-32-28-46-90(102)91-47-29-33-51-103(91)121/h13-75H,1-12H3/i17D,26D,27D,28D,29D,30D,31D,32D,33D,34D,35D,44D,45D,46D,47D,48D,49D,50D,51D,52D,53D. The summed E-state index contributed by atoms with van der Waals surface area (Å²) in [4.78, 5) is 6.12. The third-order valence-electron chi connectivity index (χ3n) is 25.2. The fourth-order valence-corrected chi connectivity index (χ4v) is 18.9. The van der Waals surface area contributed by atoms with Gasteiger partial charge in [0.1, 0.15) is 0 Å². The Morgan fingerprint density at radius 3 is 0.968 bits per heavy atom. The molecule has 22 rings (SSSR count). The van der Waals surface area contributed by atoms with Crippen molar-refractivity contribution < 1.29 is 28.8 Å². The Balaban J connectivity index is 0.958. The summed E-state index contributed by atoms with van der Waals surface area (Å²) in [6, 6.07) is 73.4. The van der Waals surface area contributed by atoms with Gasteiger partial charge in [-0.15, -0.1) is 0 Å². The zero-order valence-corrected chi connectivity index (χ0v) is 71.5. The number of hydrogen-bond acceptors (Lipinski definition) is 3. The molecular formula is C118H99BN6. The SMILES string of the molecule is [2H]c1c([2H])c([2H])c(N(c2ccc(-n3c4c([2H])c([2H])c([2H])c([2H])c4c4c([2H])c([2H])c([2H])c([2H])c43)cc2)c2ccc3c(c2)N(c2c(-c4ccccc4)cc(C(C)(C)C)cc2-c2ccccc2)c2cc(-n4c5c([2H])c([2H])c([2H])c([2H])c5c5c([2H])c([2H])c([2H])c([2H])c54)cc4c2B3c2ccc(-n3c5ccc(C(C)(C)C)cc5c5cc(C(C)(C)C)ccc53)cc2N4c2c(-c3ccccc3)cc(C(C)(C)C)cc2-c2ccccc2)c([2H])c1[2H]. The normalized spacial score (nSPS) is 15.3. The molecule has 3 aromatic heterocycles. The molecule has 0 spiro atoms. The van der Waals surface area contributed by atoms with Gasteiger partial charge in [-0.05, 0) is 228 Å². The molecule has 604 valence electrons. The predicted molar refractivity (Wildman–Crippen MR) is 535 cm³/mol. The summed E-state index contributed by atoms with van der Waals surface area (Å²) in [6.45, 7) is 25.5. The van der Waals surface area contributed by atoms with Gasteiger partial charge in [0, 0.05) is 106 Å². The molecule has 5 heterocycles. The second-order valence-electron chi connectivity index (χ2n) is 37.0. The first-order valence-corrected chi connectivity index (χ1v) is 42.5. The van der Waals surface area contributed by atoms with Crippen molar-refractivity contribution in [2.45, 2.75) is 105 Å². The van der Waals surface area contributed by atoms with Crippen molar-refractivity contribution >= 4 is 140 Å². The molecule has 0 unspecified atom stereocenters. The third kappa shape index (κ3) is 12.7. The van der Waals surface area contributed by atoms with E-state index in [1.54, 1.807) is 33.7 Å². The van der Waals surface area contributed by atoms with Crippen LogP contribution in [0.3, 0.4) is 0 Å². The fourth-order valence-electron chi connectivity index (χ4n) is 18.9. The van der Waals surface area contributed by atoms with Gasteiger partial charge in [-0.1, -0.05) is 319 Å². The van der Waals surface area contributed by atoms with Crippen molar-refractivity contribution in [1.29, 1.82) is 0 Å². The lowest BCUT2D eigenvalue weighted by molar-refractivity contribution is 0.590. The lowest BCUT2D eigenvalue weighted by Gasteiger charge is -2.46. The molecule has 17 aromatic carbocycles. The van der Waals surface area contributed by atoms with Crippen LogP contribution in [0, 0.1) is 0 Å². The first-order chi connectivity index (χ1) is 69.3. The van der Waals surface area contributed by atoms with Crippen LogP contribution in [-0.4, -0.2) is 20.4 Å². The van der Waals surface area contributed by atoms with E-state index in [2.05, 4.69) is 225 Å². The Kier molecular flexibility index (Phi) is 13.3. The number of rotatable bonds is 12. The molecule has 0 saturated carbocycles. The van der Waals surface area contributed by atoms with Crippen LogP contribution in [0.25, 0.3) is 127 Å². The van der Waals surface area contributed by atoms with Crippen LogP contribution in [0.1, 0.15) is 134 Å². The molecule has 2 aliphatic heterocycles. The van der Waals surface area contributed by atoms with E-state index in [9.17, 15) is 23.3 Å². The summed E-state index contributed by atoms with van der Waals surface area (Å²) in [5.41, 5.74) is 17.0. The van der Waals surface area contributed by atoms with Gasteiger partial charge in [0.25, 0.3) is 6.71 Å². The van der Waals surface area contributed by atoms with Crippen molar-refractivity contribution in [3.05, 3.63) is 404 Å². The van der Waals surface area contributed by atoms with Gasteiger partial charge in [0.05, 0.1) is 78.9 Å². The van der Waals surface area contributed by atoms with Crippen LogP contribution >= 0.6 is 0 Å². The second kappa shape index (κ2) is 29.1. The Morgan fingerprint density at radius 2 is 0.576 bits per heavy atom. The molecule has 0 aliphatic carbocycles. The maximum atomic E-state index is 10.5. The van der Waals surface area contributed by atoms with Gasteiger partial charge in [0.15, 0.2) is 0 Å². The quantitative estimate of drug-likeness (QED) is 0.114. The van der Waals surface area contributed by atoms with Crippen LogP contribution in [0.2, 0.25) is 0 Å². The Morgan fingerprint density at radius 1 is 0.248 bits per heavy atom. The van der Waals surface area contributed by atoms with Gasteiger partial charge in [-0.3, -0.25) is 0 Å². The maximum Gasteiger partial charge on any atom is 0.252 e. The summed E-state index contributed by atoms with van der Waals surface area (Å²) >= 11 is 0. The molecule has 20 aromatic rings. The number of aromatic nitrogens is 3. The van der Waals surface area contributed by atoms with Crippen molar-refractivity contribution in [3.63, 3.8) is 0 Å². The van der Waals surface area contributed by atoms with Crippen LogP contribution in [-0.2, 0) is 21.7 Å². The third-order valence-corrected chi connectivity index (χ3v) is 25.2. The average Bonchev–Trinajstić information content (AvgIpc) is 1.31. The highest BCUT2D eigenvalue weighted by Gasteiger charge is 2.47. The van der Waals surface area contributed by atoms with Crippen molar-refractivity contribution in [3.8, 4) is 61.6 Å². The number of benzene rings is 17. The topological polar surface area (TPSA) is 24.5 Å². The molecule has 0 radical (unpaired) electrons. The summed E-state index contributed by atoms with van der Waals surface area (Å²) < 4.78 is 208. The number of para-hydroxylation sites is 5. The molecule has 0 saturated heterocycles. The van der Waals surface area contributed by atoms with Gasteiger partial charge in [-0.25, -0.2) is 0 Å². The highest BCUT2D eigenvalue weighted by atomic mass is 15.2. The summed E-state index contributed by atoms with van der Waals surface area (Å²) in [5, 5.41) is 1.47. The van der Waals surface area contributed by atoms with E-state index in [4.69, 9.17) is 5.48 Å². The van der Waals surface area contributed by atoms with Gasteiger partial charge in [0.2, 0.25) is 0 Å². The molecule has 0 N–H and O–H groups in total. The molecule has 0 atom stereocenters. The molecule has 0 amide bonds.